The molecular weight excluding hydrogens is 190 g/mol. The third kappa shape index (κ3) is 2.35. The topological polar surface area (TPSA) is 63.9 Å². The Morgan fingerprint density at radius 3 is 2.67 bits per heavy atom. The van der Waals surface area contributed by atoms with Crippen molar-refractivity contribution in [2.24, 2.45) is 5.73 Å². The fourth-order valence-corrected chi connectivity index (χ4v) is 1.20. The van der Waals surface area contributed by atoms with Crippen LogP contribution < -0.4 is 10.5 Å². The maximum atomic E-state index is 5.68. The summed E-state index contributed by atoms with van der Waals surface area (Å²) in [7, 11) is 0. The van der Waals surface area contributed by atoms with E-state index in [-0.39, 0.29) is 6.04 Å². The van der Waals surface area contributed by atoms with Crippen LogP contribution in [0.4, 0.5) is 0 Å². The van der Waals surface area contributed by atoms with E-state index in [2.05, 4.69) is 9.97 Å². The average Bonchev–Trinajstić information content (AvgIpc) is 2.68. The van der Waals surface area contributed by atoms with Crippen LogP contribution in [-0.2, 0) is 0 Å². The van der Waals surface area contributed by atoms with E-state index in [1.54, 1.807) is 6.20 Å². The van der Waals surface area contributed by atoms with Crippen LogP contribution in [0.2, 0.25) is 0 Å². The first-order chi connectivity index (χ1) is 7.25. The van der Waals surface area contributed by atoms with Crippen LogP contribution in [-0.4, -0.2) is 9.97 Å². The van der Waals surface area contributed by atoms with Gasteiger partial charge in [-0.15, -0.1) is 0 Å². The van der Waals surface area contributed by atoms with Gasteiger partial charge in [-0.1, -0.05) is 18.2 Å². The lowest BCUT2D eigenvalue weighted by molar-refractivity contribution is 0.446. The van der Waals surface area contributed by atoms with Crippen molar-refractivity contribution in [1.82, 2.24) is 9.97 Å². The highest BCUT2D eigenvalue weighted by Crippen LogP contribution is 2.18. The maximum absolute atomic E-state index is 5.68. The number of aromatic nitrogens is 2. The molecule has 1 atom stereocenters. The van der Waals surface area contributed by atoms with Crippen LogP contribution in [0.25, 0.3) is 0 Å². The number of H-pyrrole nitrogens is 1. The quantitative estimate of drug-likeness (QED) is 0.803. The molecule has 0 saturated heterocycles. The summed E-state index contributed by atoms with van der Waals surface area (Å²) in [5.74, 6) is 0.753. The second kappa shape index (κ2) is 4.14. The SMILES string of the molecule is CC(N)c1c[nH]c(Oc2ccccc2)n1. The second-order valence-corrected chi connectivity index (χ2v) is 3.33. The lowest BCUT2D eigenvalue weighted by Gasteiger charge is -2.00. The van der Waals surface area contributed by atoms with E-state index in [1.807, 2.05) is 37.3 Å². The molecule has 2 aromatic rings. The van der Waals surface area contributed by atoms with Gasteiger partial charge in [-0.05, 0) is 19.1 Å². The number of nitrogens with zero attached hydrogens (tertiary/aromatic N) is 1. The number of imidazole rings is 1. The van der Waals surface area contributed by atoms with E-state index in [0.29, 0.717) is 6.01 Å². The van der Waals surface area contributed by atoms with Gasteiger partial charge in [0.1, 0.15) is 5.75 Å². The first-order valence-electron chi connectivity index (χ1n) is 4.79. The van der Waals surface area contributed by atoms with Crippen molar-refractivity contribution in [3.63, 3.8) is 0 Å². The molecule has 0 aliphatic heterocycles. The van der Waals surface area contributed by atoms with E-state index in [9.17, 15) is 0 Å². The van der Waals surface area contributed by atoms with Crippen LogP contribution in [0, 0.1) is 0 Å². The molecular formula is C11H13N3O. The molecule has 3 N–H and O–H groups in total. The molecule has 0 aliphatic carbocycles. The predicted octanol–water partition coefficient (Wildman–Crippen LogP) is 2.22. The van der Waals surface area contributed by atoms with Crippen LogP contribution in [0.15, 0.2) is 36.5 Å². The Hall–Kier alpha value is -1.81. The first-order valence-corrected chi connectivity index (χ1v) is 4.79. The molecule has 0 aliphatic rings. The van der Waals surface area contributed by atoms with Crippen LogP contribution in [0.5, 0.6) is 11.8 Å². The highest BCUT2D eigenvalue weighted by Gasteiger charge is 2.06. The van der Waals surface area contributed by atoms with Gasteiger partial charge in [0.2, 0.25) is 0 Å². The minimum Gasteiger partial charge on any atom is -0.426 e. The van der Waals surface area contributed by atoms with E-state index >= 15 is 0 Å². The Morgan fingerprint density at radius 2 is 2.07 bits per heavy atom. The zero-order chi connectivity index (χ0) is 10.7. The highest BCUT2D eigenvalue weighted by atomic mass is 16.5. The summed E-state index contributed by atoms with van der Waals surface area (Å²) in [6.07, 6.45) is 1.75. The van der Waals surface area contributed by atoms with Crippen molar-refractivity contribution >= 4 is 0 Å². The summed E-state index contributed by atoms with van der Waals surface area (Å²) >= 11 is 0. The Labute approximate surface area is 88.1 Å². The molecule has 4 nitrogen and oxygen atoms in total. The molecule has 4 heteroatoms. The van der Waals surface area contributed by atoms with Crippen molar-refractivity contribution in [3.8, 4) is 11.8 Å². The lowest BCUT2D eigenvalue weighted by Crippen LogP contribution is -2.04. The smallest absolute Gasteiger partial charge is 0.299 e. The Kier molecular flexibility index (Phi) is 2.69. The van der Waals surface area contributed by atoms with Crippen molar-refractivity contribution in [1.29, 1.82) is 0 Å². The summed E-state index contributed by atoms with van der Waals surface area (Å²) in [6.45, 7) is 1.88. The minimum atomic E-state index is -0.0885. The van der Waals surface area contributed by atoms with E-state index in [1.165, 1.54) is 0 Å². The number of hydrogen-bond acceptors (Lipinski definition) is 3. The number of benzene rings is 1. The fourth-order valence-electron chi connectivity index (χ4n) is 1.20. The van der Waals surface area contributed by atoms with Gasteiger partial charge in [0, 0.05) is 12.2 Å². The van der Waals surface area contributed by atoms with Crippen LogP contribution in [0.3, 0.4) is 0 Å². The van der Waals surface area contributed by atoms with E-state index in [4.69, 9.17) is 10.5 Å². The molecule has 1 unspecified atom stereocenters. The largest absolute Gasteiger partial charge is 0.426 e. The van der Waals surface area contributed by atoms with Crippen molar-refractivity contribution in [2.75, 3.05) is 0 Å². The van der Waals surface area contributed by atoms with Crippen molar-refractivity contribution in [3.05, 3.63) is 42.2 Å². The molecule has 0 spiro atoms. The summed E-state index contributed by atoms with van der Waals surface area (Å²) in [6, 6.07) is 9.86. The number of para-hydroxylation sites is 1. The first kappa shape index (κ1) is 9.73. The van der Waals surface area contributed by atoms with Gasteiger partial charge in [-0.2, -0.15) is 4.98 Å². The molecule has 0 saturated carbocycles. The Bertz CT molecular complexity index is 422. The average molecular weight is 203 g/mol. The molecule has 0 bridgehead atoms. The van der Waals surface area contributed by atoms with Gasteiger partial charge in [0.15, 0.2) is 0 Å². The number of hydrogen-bond donors (Lipinski definition) is 2. The molecule has 15 heavy (non-hydrogen) atoms. The summed E-state index contributed by atoms with van der Waals surface area (Å²) in [5, 5.41) is 0. The number of nitrogens with two attached hydrogens (primary N) is 1. The minimum absolute atomic E-state index is 0.0885. The van der Waals surface area contributed by atoms with Crippen molar-refractivity contribution < 1.29 is 4.74 Å². The second-order valence-electron chi connectivity index (χ2n) is 3.33. The molecule has 0 radical (unpaired) electrons. The Morgan fingerprint density at radius 1 is 1.33 bits per heavy atom. The number of nitrogens with one attached hydrogen (secondary N) is 1. The highest BCUT2D eigenvalue weighted by molar-refractivity contribution is 5.24. The Balaban J connectivity index is 2.12. The zero-order valence-electron chi connectivity index (χ0n) is 8.47. The van der Waals surface area contributed by atoms with Gasteiger partial charge in [0.25, 0.3) is 6.01 Å². The normalized spacial score (nSPS) is 12.4. The molecule has 1 aromatic carbocycles. The molecule has 2 rings (SSSR count). The van der Waals surface area contributed by atoms with Gasteiger partial charge >= 0.3 is 0 Å². The lowest BCUT2D eigenvalue weighted by atomic mass is 10.3. The van der Waals surface area contributed by atoms with Gasteiger partial charge in [0.05, 0.1) is 5.69 Å². The number of rotatable bonds is 3. The van der Waals surface area contributed by atoms with E-state index in [0.717, 1.165) is 11.4 Å². The summed E-state index contributed by atoms with van der Waals surface area (Å²) in [4.78, 5) is 7.12. The molecule has 1 aromatic heterocycles. The van der Waals surface area contributed by atoms with E-state index < -0.39 is 0 Å². The fraction of sp³-hybridized carbons (Fsp3) is 0.182. The monoisotopic (exact) mass is 203 g/mol. The zero-order valence-corrected chi connectivity index (χ0v) is 8.47. The molecule has 0 amide bonds. The molecule has 1 heterocycles. The third-order valence-corrected chi connectivity index (χ3v) is 2.00. The van der Waals surface area contributed by atoms with Crippen LogP contribution >= 0.6 is 0 Å². The van der Waals surface area contributed by atoms with Gasteiger partial charge in [-0.25, -0.2) is 0 Å². The standard InChI is InChI=1S/C11H13N3O/c1-8(12)10-7-13-11(14-10)15-9-5-3-2-4-6-9/h2-8H,12H2,1H3,(H,13,14). The molecule has 78 valence electrons. The van der Waals surface area contributed by atoms with Gasteiger partial charge < -0.3 is 15.5 Å². The molecule has 0 fully saturated rings. The van der Waals surface area contributed by atoms with Gasteiger partial charge in [-0.3, -0.25) is 0 Å². The predicted molar refractivity (Wildman–Crippen MR) is 57.7 cm³/mol. The third-order valence-electron chi connectivity index (χ3n) is 2.00. The van der Waals surface area contributed by atoms with Crippen LogP contribution in [0.1, 0.15) is 18.7 Å². The summed E-state index contributed by atoms with van der Waals surface area (Å²) < 4.78 is 5.49. The number of aromatic amines is 1. The number of ether oxygens (including phenoxy) is 1. The summed E-state index contributed by atoms with van der Waals surface area (Å²) in [5.41, 5.74) is 6.47. The van der Waals surface area contributed by atoms with Crippen molar-refractivity contribution in [2.45, 2.75) is 13.0 Å². The maximum Gasteiger partial charge on any atom is 0.299 e.